The van der Waals surface area contributed by atoms with Crippen LogP contribution in [0.5, 0.6) is 0 Å². The lowest BCUT2D eigenvalue weighted by molar-refractivity contribution is -0.139. The second-order valence-electron chi connectivity index (χ2n) is 7.88. The van der Waals surface area contributed by atoms with E-state index in [1.807, 2.05) is 0 Å². The van der Waals surface area contributed by atoms with Crippen LogP contribution >= 0.6 is 24.8 Å². The quantitative estimate of drug-likeness (QED) is 0.353. The first-order valence-corrected chi connectivity index (χ1v) is 10.1. The largest absolute Gasteiger partial charge is 0.419 e. The molecule has 0 bridgehead atoms. The van der Waals surface area contributed by atoms with Crippen LogP contribution in [0.15, 0.2) is 30.7 Å². The van der Waals surface area contributed by atoms with Gasteiger partial charge in [-0.25, -0.2) is 19.3 Å². The smallest absolute Gasteiger partial charge is 0.356 e. The van der Waals surface area contributed by atoms with Gasteiger partial charge in [0, 0.05) is 30.3 Å². The number of nitrogens with one attached hydrogen (secondary N) is 2. The Bertz CT molecular complexity index is 1280. The summed E-state index contributed by atoms with van der Waals surface area (Å²) < 4.78 is 53.0. The summed E-state index contributed by atoms with van der Waals surface area (Å²) in [6.45, 7) is 3.24. The number of benzene rings is 1. The highest BCUT2D eigenvalue weighted by molar-refractivity contribution is 5.86. The molecule has 0 spiro atoms. The molecule has 0 unspecified atom stereocenters. The van der Waals surface area contributed by atoms with Crippen molar-refractivity contribution in [3.63, 3.8) is 0 Å². The maximum Gasteiger partial charge on any atom is 0.419 e. The zero-order valence-electron chi connectivity index (χ0n) is 17.9. The standard InChI is InChI=1S/C21H19F4N7.2ClH/c1-11-17(13-2-3-16(22)15(8-13)21(23,24)25)30-18(29-11)12-4-6-32(7-5-12)20-14-9-28-31-19(14)26-10-27-20;;/h2-3,8-10,12H,4-7H2,1H3,(H,29,30)(H,26,27,28,31);2*1H. The average molecular weight is 518 g/mol. The number of aromatic nitrogens is 6. The number of aryl methyl sites for hydroxylation is 1. The van der Waals surface area contributed by atoms with Gasteiger partial charge in [-0.2, -0.15) is 18.3 Å². The Morgan fingerprint density at radius 1 is 1.09 bits per heavy atom. The highest BCUT2D eigenvalue weighted by Crippen LogP contribution is 2.36. The fourth-order valence-corrected chi connectivity index (χ4v) is 4.22. The second-order valence-corrected chi connectivity index (χ2v) is 7.88. The number of H-pyrrole nitrogens is 2. The molecule has 34 heavy (non-hydrogen) atoms. The number of anilines is 1. The topological polar surface area (TPSA) is 86.4 Å². The maximum atomic E-state index is 13.7. The minimum atomic E-state index is -4.76. The van der Waals surface area contributed by atoms with Crippen LogP contribution < -0.4 is 4.90 Å². The van der Waals surface area contributed by atoms with Crippen LogP contribution in [0, 0.1) is 12.7 Å². The van der Waals surface area contributed by atoms with Gasteiger partial charge >= 0.3 is 6.18 Å². The Morgan fingerprint density at radius 3 is 2.53 bits per heavy atom. The molecule has 1 aromatic carbocycles. The molecule has 2 N–H and O–H groups in total. The first kappa shape index (κ1) is 25.7. The van der Waals surface area contributed by atoms with Crippen LogP contribution in [0.25, 0.3) is 22.3 Å². The lowest BCUT2D eigenvalue weighted by Crippen LogP contribution is -2.33. The van der Waals surface area contributed by atoms with E-state index < -0.39 is 17.6 Å². The Hall–Kier alpha value is -2.92. The van der Waals surface area contributed by atoms with Crippen molar-refractivity contribution in [2.45, 2.75) is 31.9 Å². The first-order valence-electron chi connectivity index (χ1n) is 10.1. The number of hydrogen-bond donors (Lipinski definition) is 2. The van der Waals surface area contributed by atoms with E-state index in [-0.39, 0.29) is 36.3 Å². The number of aromatic amines is 2. The minimum Gasteiger partial charge on any atom is -0.356 e. The molecule has 0 atom stereocenters. The molecule has 0 radical (unpaired) electrons. The summed E-state index contributed by atoms with van der Waals surface area (Å²) in [6.07, 6.45) is 0.0418. The van der Waals surface area contributed by atoms with Gasteiger partial charge in [0.25, 0.3) is 0 Å². The molecule has 1 aliphatic heterocycles. The molecule has 13 heteroatoms. The van der Waals surface area contributed by atoms with Crippen LogP contribution in [0.1, 0.15) is 35.8 Å². The number of alkyl halides is 3. The molecule has 1 fully saturated rings. The van der Waals surface area contributed by atoms with Crippen molar-refractivity contribution in [2.24, 2.45) is 0 Å². The molecule has 1 saturated heterocycles. The average Bonchev–Trinajstić information content (AvgIpc) is 3.40. The zero-order chi connectivity index (χ0) is 22.5. The lowest BCUT2D eigenvalue weighted by Gasteiger charge is -2.32. The fourth-order valence-electron chi connectivity index (χ4n) is 4.22. The van der Waals surface area contributed by atoms with Gasteiger partial charge in [-0.3, -0.25) is 5.10 Å². The summed E-state index contributed by atoms with van der Waals surface area (Å²) >= 11 is 0. The van der Waals surface area contributed by atoms with Crippen LogP contribution in [-0.2, 0) is 6.18 Å². The van der Waals surface area contributed by atoms with Crippen molar-refractivity contribution in [3.8, 4) is 11.3 Å². The second kappa shape index (κ2) is 9.75. The molecule has 182 valence electrons. The maximum absolute atomic E-state index is 13.7. The highest BCUT2D eigenvalue weighted by Gasteiger charge is 2.34. The predicted molar refractivity (Wildman–Crippen MR) is 124 cm³/mol. The molecule has 5 rings (SSSR count). The summed E-state index contributed by atoms with van der Waals surface area (Å²) in [5.41, 5.74) is 0.685. The summed E-state index contributed by atoms with van der Waals surface area (Å²) in [6, 6.07) is 2.98. The Balaban J connectivity index is 0.00000162. The van der Waals surface area contributed by atoms with E-state index >= 15 is 0 Å². The number of halogens is 6. The third kappa shape index (κ3) is 4.67. The molecule has 3 aromatic heterocycles. The van der Waals surface area contributed by atoms with E-state index in [9.17, 15) is 17.6 Å². The number of nitrogens with zero attached hydrogens (tertiary/aromatic N) is 5. The third-order valence-corrected chi connectivity index (χ3v) is 5.86. The summed E-state index contributed by atoms with van der Waals surface area (Å²) in [4.78, 5) is 18.5. The summed E-state index contributed by atoms with van der Waals surface area (Å²) in [7, 11) is 0. The Kier molecular flexibility index (Phi) is 7.37. The number of rotatable bonds is 3. The number of fused-ring (bicyclic) bond motifs is 1. The van der Waals surface area contributed by atoms with E-state index in [4.69, 9.17) is 0 Å². The van der Waals surface area contributed by atoms with E-state index in [0.717, 1.165) is 55.1 Å². The van der Waals surface area contributed by atoms with Gasteiger partial charge in [-0.05, 0) is 38.0 Å². The monoisotopic (exact) mass is 517 g/mol. The van der Waals surface area contributed by atoms with Crippen LogP contribution in [0.2, 0.25) is 0 Å². The van der Waals surface area contributed by atoms with Crippen LogP contribution in [0.4, 0.5) is 23.4 Å². The van der Waals surface area contributed by atoms with Crippen molar-refractivity contribution in [2.75, 3.05) is 18.0 Å². The third-order valence-electron chi connectivity index (χ3n) is 5.86. The van der Waals surface area contributed by atoms with Gasteiger partial charge < -0.3 is 9.88 Å². The van der Waals surface area contributed by atoms with E-state index in [2.05, 4.69) is 35.0 Å². The molecular weight excluding hydrogens is 497 g/mol. The predicted octanol–water partition coefficient (Wildman–Crippen LogP) is 5.44. The molecule has 0 aliphatic carbocycles. The molecule has 1 aliphatic rings. The number of piperidine rings is 1. The molecule has 0 saturated carbocycles. The SMILES string of the molecule is Cc1[nH]c(C2CCN(c3ncnc4[nH]ncc34)CC2)nc1-c1ccc(F)c(C(F)(F)F)c1.Cl.Cl. The van der Waals surface area contributed by atoms with Gasteiger partial charge in [-0.1, -0.05) is 0 Å². The Labute approximate surface area is 204 Å². The molecular formula is C21H21Cl2F4N7. The summed E-state index contributed by atoms with van der Waals surface area (Å²) in [5, 5.41) is 7.72. The highest BCUT2D eigenvalue weighted by atomic mass is 35.5. The first-order chi connectivity index (χ1) is 15.3. The van der Waals surface area contributed by atoms with Crippen LogP contribution in [0.3, 0.4) is 0 Å². The van der Waals surface area contributed by atoms with E-state index in [1.54, 1.807) is 13.1 Å². The molecule has 0 amide bonds. The minimum absolute atomic E-state index is 0. The van der Waals surface area contributed by atoms with Crippen molar-refractivity contribution < 1.29 is 17.6 Å². The molecule has 4 heterocycles. The van der Waals surface area contributed by atoms with Gasteiger partial charge in [-0.15, -0.1) is 24.8 Å². The number of hydrogen-bond acceptors (Lipinski definition) is 5. The van der Waals surface area contributed by atoms with Gasteiger partial charge in [0.05, 0.1) is 22.8 Å². The number of imidazole rings is 1. The Morgan fingerprint density at radius 2 is 1.82 bits per heavy atom. The molecule has 4 aromatic rings. The lowest BCUT2D eigenvalue weighted by atomic mass is 9.96. The van der Waals surface area contributed by atoms with Crippen molar-refractivity contribution in [3.05, 3.63) is 53.6 Å². The zero-order valence-corrected chi connectivity index (χ0v) is 19.5. The van der Waals surface area contributed by atoms with E-state index in [0.29, 0.717) is 17.0 Å². The summed E-state index contributed by atoms with van der Waals surface area (Å²) in [5.74, 6) is 0.386. The van der Waals surface area contributed by atoms with E-state index in [1.165, 1.54) is 12.4 Å². The van der Waals surface area contributed by atoms with Gasteiger partial charge in [0.1, 0.15) is 23.8 Å². The van der Waals surface area contributed by atoms with Gasteiger partial charge in [0.15, 0.2) is 5.65 Å². The van der Waals surface area contributed by atoms with Crippen molar-refractivity contribution >= 4 is 41.7 Å². The molecule has 7 nitrogen and oxygen atoms in total. The normalized spacial score (nSPS) is 14.7. The fraction of sp³-hybridized carbons (Fsp3) is 0.333. The van der Waals surface area contributed by atoms with Crippen LogP contribution in [-0.4, -0.2) is 43.2 Å². The van der Waals surface area contributed by atoms with Crippen molar-refractivity contribution in [1.82, 2.24) is 30.1 Å². The van der Waals surface area contributed by atoms with Crippen molar-refractivity contribution in [1.29, 1.82) is 0 Å². The van der Waals surface area contributed by atoms with Gasteiger partial charge in [0.2, 0.25) is 0 Å².